The molecular formula is C17H19ClN2O. The molecule has 0 bridgehead atoms. The van der Waals surface area contributed by atoms with E-state index in [0.29, 0.717) is 11.6 Å². The molecular weight excluding hydrogens is 284 g/mol. The SMILES string of the molecule is Oc1c(Cl)cccc1CNc1ccccc1N1CCCC1. The first-order valence-corrected chi connectivity index (χ1v) is 7.68. The number of nitrogens with one attached hydrogen (secondary N) is 1. The third-order valence-electron chi connectivity index (χ3n) is 3.89. The number of hydrogen-bond donors (Lipinski definition) is 2. The smallest absolute Gasteiger partial charge is 0.139 e. The first-order chi connectivity index (χ1) is 10.3. The van der Waals surface area contributed by atoms with E-state index in [1.807, 2.05) is 18.2 Å². The van der Waals surface area contributed by atoms with Gasteiger partial charge in [0.15, 0.2) is 0 Å². The maximum atomic E-state index is 9.97. The summed E-state index contributed by atoms with van der Waals surface area (Å²) >= 11 is 5.94. The number of halogens is 1. The number of aromatic hydroxyl groups is 1. The average molecular weight is 303 g/mol. The Balaban J connectivity index is 1.77. The summed E-state index contributed by atoms with van der Waals surface area (Å²) < 4.78 is 0. The maximum absolute atomic E-state index is 9.97. The second-order valence-electron chi connectivity index (χ2n) is 5.31. The molecule has 0 saturated carbocycles. The minimum atomic E-state index is 0.158. The van der Waals surface area contributed by atoms with Crippen LogP contribution in [0.3, 0.4) is 0 Å². The van der Waals surface area contributed by atoms with Crippen molar-refractivity contribution < 1.29 is 5.11 Å². The molecule has 2 aromatic rings. The van der Waals surface area contributed by atoms with Crippen LogP contribution in [0, 0.1) is 0 Å². The van der Waals surface area contributed by atoms with Crippen molar-refractivity contribution in [3.05, 3.63) is 53.1 Å². The van der Waals surface area contributed by atoms with Crippen molar-refractivity contribution in [3.8, 4) is 5.75 Å². The van der Waals surface area contributed by atoms with Crippen molar-refractivity contribution in [1.29, 1.82) is 0 Å². The molecule has 0 unspecified atom stereocenters. The van der Waals surface area contributed by atoms with Crippen molar-refractivity contribution in [2.45, 2.75) is 19.4 Å². The first-order valence-electron chi connectivity index (χ1n) is 7.30. The van der Waals surface area contributed by atoms with Crippen LogP contribution >= 0.6 is 11.6 Å². The van der Waals surface area contributed by atoms with Crippen LogP contribution in [-0.4, -0.2) is 18.2 Å². The van der Waals surface area contributed by atoms with Gasteiger partial charge in [-0.15, -0.1) is 0 Å². The average Bonchev–Trinajstić information content (AvgIpc) is 3.03. The first kappa shape index (κ1) is 14.1. The van der Waals surface area contributed by atoms with Gasteiger partial charge in [0.2, 0.25) is 0 Å². The molecule has 1 aliphatic heterocycles. The van der Waals surface area contributed by atoms with Crippen molar-refractivity contribution >= 4 is 23.0 Å². The van der Waals surface area contributed by atoms with E-state index >= 15 is 0 Å². The number of nitrogens with zero attached hydrogens (tertiary/aromatic N) is 1. The highest BCUT2D eigenvalue weighted by atomic mass is 35.5. The van der Waals surface area contributed by atoms with Crippen LogP contribution in [0.2, 0.25) is 5.02 Å². The van der Waals surface area contributed by atoms with Gasteiger partial charge in [0, 0.05) is 25.2 Å². The van der Waals surface area contributed by atoms with E-state index in [1.165, 1.54) is 18.5 Å². The van der Waals surface area contributed by atoms with E-state index in [0.717, 1.165) is 24.3 Å². The van der Waals surface area contributed by atoms with Gasteiger partial charge in [0.05, 0.1) is 16.4 Å². The van der Waals surface area contributed by atoms with Crippen LogP contribution in [0.1, 0.15) is 18.4 Å². The predicted molar refractivity (Wildman–Crippen MR) is 88.3 cm³/mol. The highest BCUT2D eigenvalue weighted by Crippen LogP contribution is 2.31. The summed E-state index contributed by atoms with van der Waals surface area (Å²) in [5.74, 6) is 0.158. The van der Waals surface area contributed by atoms with Gasteiger partial charge in [0.1, 0.15) is 5.75 Å². The molecule has 1 saturated heterocycles. The fraction of sp³-hybridized carbons (Fsp3) is 0.294. The second kappa shape index (κ2) is 6.27. The fourth-order valence-electron chi connectivity index (χ4n) is 2.75. The van der Waals surface area contributed by atoms with Crippen molar-refractivity contribution in [3.63, 3.8) is 0 Å². The minimum absolute atomic E-state index is 0.158. The Morgan fingerprint density at radius 2 is 1.81 bits per heavy atom. The van der Waals surface area contributed by atoms with E-state index in [-0.39, 0.29) is 5.75 Å². The van der Waals surface area contributed by atoms with Gasteiger partial charge in [-0.3, -0.25) is 0 Å². The lowest BCUT2D eigenvalue weighted by molar-refractivity contribution is 0.469. The largest absolute Gasteiger partial charge is 0.506 e. The Kier molecular flexibility index (Phi) is 4.20. The highest BCUT2D eigenvalue weighted by molar-refractivity contribution is 6.32. The molecule has 0 aliphatic carbocycles. The van der Waals surface area contributed by atoms with Crippen LogP contribution in [0.4, 0.5) is 11.4 Å². The lowest BCUT2D eigenvalue weighted by atomic mass is 10.2. The Hall–Kier alpha value is -1.87. The topological polar surface area (TPSA) is 35.5 Å². The Morgan fingerprint density at radius 1 is 1.05 bits per heavy atom. The normalized spacial score (nSPS) is 14.4. The molecule has 2 aromatic carbocycles. The summed E-state index contributed by atoms with van der Waals surface area (Å²) in [7, 11) is 0. The molecule has 1 heterocycles. The summed E-state index contributed by atoms with van der Waals surface area (Å²) in [6.45, 7) is 2.78. The Bertz CT molecular complexity index is 624. The summed E-state index contributed by atoms with van der Waals surface area (Å²) in [5.41, 5.74) is 3.13. The van der Waals surface area contributed by atoms with E-state index in [4.69, 9.17) is 11.6 Å². The lowest BCUT2D eigenvalue weighted by Crippen LogP contribution is -2.19. The molecule has 0 atom stereocenters. The van der Waals surface area contributed by atoms with E-state index < -0.39 is 0 Å². The van der Waals surface area contributed by atoms with Crippen LogP contribution < -0.4 is 10.2 Å². The molecule has 0 radical (unpaired) electrons. The van der Waals surface area contributed by atoms with Crippen LogP contribution in [0.25, 0.3) is 0 Å². The van der Waals surface area contributed by atoms with Crippen LogP contribution in [-0.2, 0) is 6.54 Å². The third kappa shape index (κ3) is 3.08. The molecule has 21 heavy (non-hydrogen) atoms. The van der Waals surface area contributed by atoms with Gasteiger partial charge in [-0.2, -0.15) is 0 Å². The molecule has 110 valence electrons. The number of para-hydroxylation sites is 3. The highest BCUT2D eigenvalue weighted by Gasteiger charge is 2.15. The zero-order valence-corrected chi connectivity index (χ0v) is 12.6. The monoisotopic (exact) mass is 302 g/mol. The van der Waals surface area contributed by atoms with Crippen molar-refractivity contribution in [2.75, 3.05) is 23.3 Å². The zero-order valence-electron chi connectivity index (χ0n) is 11.8. The molecule has 1 aliphatic rings. The van der Waals surface area contributed by atoms with Gasteiger partial charge < -0.3 is 15.3 Å². The van der Waals surface area contributed by atoms with Gasteiger partial charge >= 0.3 is 0 Å². The van der Waals surface area contributed by atoms with Crippen molar-refractivity contribution in [2.24, 2.45) is 0 Å². The zero-order chi connectivity index (χ0) is 14.7. The van der Waals surface area contributed by atoms with E-state index in [2.05, 4.69) is 28.4 Å². The standard InChI is InChI=1S/C17H19ClN2O/c18-14-7-5-6-13(17(14)21)12-19-15-8-1-2-9-16(15)20-10-3-4-11-20/h1-2,5-9,19,21H,3-4,10-12H2. The lowest BCUT2D eigenvalue weighted by Gasteiger charge is -2.22. The molecule has 0 aromatic heterocycles. The summed E-state index contributed by atoms with van der Waals surface area (Å²) in [4.78, 5) is 2.40. The maximum Gasteiger partial charge on any atom is 0.139 e. The van der Waals surface area contributed by atoms with Crippen LogP contribution in [0.15, 0.2) is 42.5 Å². The fourth-order valence-corrected chi connectivity index (χ4v) is 2.94. The second-order valence-corrected chi connectivity index (χ2v) is 5.72. The van der Waals surface area contributed by atoms with Gasteiger partial charge in [-0.1, -0.05) is 35.9 Å². The molecule has 3 nitrogen and oxygen atoms in total. The number of hydrogen-bond acceptors (Lipinski definition) is 3. The van der Waals surface area contributed by atoms with Crippen LogP contribution in [0.5, 0.6) is 5.75 Å². The number of benzene rings is 2. The number of phenols is 1. The molecule has 2 N–H and O–H groups in total. The Labute approximate surface area is 130 Å². The van der Waals surface area contributed by atoms with Gasteiger partial charge in [0.25, 0.3) is 0 Å². The van der Waals surface area contributed by atoms with E-state index in [1.54, 1.807) is 6.07 Å². The molecule has 0 spiro atoms. The number of anilines is 2. The molecule has 1 fully saturated rings. The summed E-state index contributed by atoms with van der Waals surface area (Å²) in [5, 5.41) is 13.8. The Morgan fingerprint density at radius 3 is 2.62 bits per heavy atom. The van der Waals surface area contributed by atoms with E-state index in [9.17, 15) is 5.11 Å². The number of phenolic OH excluding ortho intramolecular Hbond substituents is 1. The van der Waals surface area contributed by atoms with Gasteiger partial charge in [-0.05, 0) is 31.0 Å². The predicted octanol–water partition coefficient (Wildman–Crippen LogP) is 4.26. The molecule has 0 amide bonds. The summed E-state index contributed by atoms with van der Waals surface area (Å²) in [6, 6.07) is 13.7. The van der Waals surface area contributed by atoms with Gasteiger partial charge in [-0.25, -0.2) is 0 Å². The summed E-state index contributed by atoms with van der Waals surface area (Å²) in [6.07, 6.45) is 2.51. The molecule has 3 rings (SSSR count). The number of rotatable bonds is 4. The minimum Gasteiger partial charge on any atom is -0.506 e. The molecule has 4 heteroatoms. The quantitative estimate of drug-likeness (QED) is 0.886. The third-order valence-corrected chi connectivity index (χ3v) is 4.20. The van der Waals surface area contributed by atoms with Crippen molar-refractivity contribution in [1.82, 2.24) is 0 Å².